The van der Waals surface area contributed by atoms with Gasteiger partial charge in [0, 0.05) is 0 Å². The minimum atomic E-state index is 0.638. The van der Waals surface area contributed by atoms with E-state index in [-0.39, 0.29) is 0 Å². The number of aromatic nitrogens is 3. The molecular formula is C14H14N4O. The van der Waals surface area contributed by atoms with Gasteiger partial charge in [-0.1, -0.05) is 17.3 Å². The summed E-state index contributed by atoms with van der Waals surface area (Å²) in [6.45, 7) is 2.58. The van der Waals surface area contributed by atoms with E-state index in [1.807, 2.05) is 49.5 Å². The molecule has 0 spiro atoms. The predicted octanol–water partition coefficient (Wildman–Crippen LogP) is 2.78. The lowest BCUT2D eigenvalue weighted by Gasteiger charge is -2.10. The van der Waals surface area contributed by atoms with Crippen molar-refractivity contribution in [3.63, 3.8) is 0 Å². The second-order valence-corrected chi connectivity index (χ2v) is 4.23. The highest BCUT2D eigenvalue weighted by atomic mass is 16.3. The number of furan rings is 1. The summed E-state index contributed by atoms with van der Waals surface area (Å²) in [5, 5.41) is 11.2. The summed E-state index contributed by atoms with van der Waals surface area (Å²) in [6, 6.07) is 11.9. The lowest BCUT2D eigenvalue weighted by molar-refractivity contribution is 0.490. The minimum absolute atomic E-state index is 0.638. The first-order valence-corrected chi connectivity index (χ1v) is 6.08. The number of benzene rings is 1. The van der Waals surface area contributed by atoms with E-state index in [4.69, 9.17) is 4.42 Å². The van der Waals surface area contributed by atoms with Crippen LogP contribution in [0.3, 0.4) is 0 Å². The first kappa shape index (κ1) is 11.5. The van der Waals surface area contributed by atoms with Crippen molar-refractivity contribution in [3.8, 4) is 5.69 Å². The van der Waals surface area contributed by atoms with Crippen molar-refractivity contribution in [1.82, 2.24) is 15.0 Å². The molecular weight excluding hydrogens is 240 g/mol. The van der Waals surface area contributed by atoms with Crippen LogP contribution in [0.25, 0.3) is 5.69 Å². The van der Waals surface area contributed by atoms with Gasteiger partial charge in [0.15, 0.2) is 0 Å². The Balaban J connectivity index is 1.81. The number of nitrogens with zero attached hydrogens (tertiary/aromatic N) is 3. The van der Waals surface area contributed by atoms with Gasteiger partial charge in [0.25, 0.3) is 0 Å². The highest BCUT2D eigenvalue weighted by Gasteiger charge is 2.05. The fourth-order valence-corrected chi connectivity index (χ4v) is 1.92. The van der Waals surface area contributed by atoms with Crippen LogP contribution < -0.4 is 5.32 Å². The van der Waals surface area contributed by atoms with E-state index in [1.54, 1.807) is 10.9 Å². The van der Waals surface area contributed by atoms with E-state index in [2.05, 4.69) is 15.6 Å². The van der Waals surface area contributed by atoms with Crippen LogP contribution in [0.4, 0.5) is 5.69 Å². The molecule has 0 saturated carbocycles. The zero-order chi connectivity index (χ0) is 13.1. The van der Waals surface area contributed by atoms with Crippen LogP contribution in [0.1, 0.15) is 11.5 Å². The Bertz CT molecular complexity index is 658. The normalized spacial score (nSPS) is 10.6. The van der Waals surface area contributed by atoms with E-state index in [1.165, 1.54) is 0 Å². The first-order chi connectivity index (χ1) is 9.33. The quantitative estimate of drug-likeness (QED) is 0.777. The number of nitrogens with one attached hydrogen (secondary N) is 1. The number of anilines is 1. The van der Waals surface area contributed by atoms with Crippen LogP contribution in [-0.4, -0.2) is 15.0 Å². The predicted molar refractivity (Wildman–Crippen MR) is 72.1 cm³/mol. The molecule has 0 fully saturated rings. The number of hydrogen-bond donors (Lipinski definition) is 1. The van der Waals surface area contributed by atoms with Crippen LogP contribution in [0.5, 0.6) is 0 Å². The molecule has 1 aromatic carbocycles. The van der Waals surface area contributed by atoms with E-state index in [9.17, 15) is 0 Å². The van der Waals surface area contributed by atoms with Crippen molar-refractivity contribution in [2.24, 2.45) is 0 Å². The summed E-state index contributed by atoms with van der Waals surface area (Å²) >= 11 is 0. The van der Waals surface area contributed by atoms with Crippen molar-refractivity contribution in [3.05, 3.63) is 60.3 Å². The molecule has 2 aromatic heterocycles. The summed E-state index contributed by atoms with van der Waals surface area (Å²) < 4.78 is 7.27. The van der Waals surface area contributed by atoms with Crippen molar-refractivity contribution in [1.29, 1.82) is 0 Å². The minimum Gasteiger partial charge on any atom is -0.465 e. The van der Waals surface area contributed by atoms with Gasteiger partial charge in [0.05, 0.1) is 30.3 Å². The fraction of sp³-hybridized carbons (Fsp3) is 0.143. The third-order valence-corrected chi connectivity index (χ3v) is 2.82. The summed E-state index contributed by atoms with van der Waals surface area (Å²) in [5.74, 6) is 1.83. The highest BCUT2D eigenvalue weighted by molar-refractivity contribution is 5.60. The van der Waals surface area contributed by atoms with E-state index in [0.29, 0.717) is 6.54 Å². The molecule has 1 N–H and O–H groups in total. The van der Waals surface area contributed by atoms with Crippen LogP contribution >= 0.6 is 0 Å². The molecule has 2 heterocycles. The smallest absolute Gasteiger partial charge is 0.123 e. The molecule has 19 heavy (non-hydrogen) atoms. The van der Waals surface area contributed by atoms with Gasteiger partial charge in [-0.2, -0.15) is 0 Å². The zero-order valence-corrected chi connectivity index (χ0v) is 10.6. The van der Waals surface area contributed by atoms with Gasteiger partial charge in [0.1, 0.15) is 11.5 Å². The second kappa shape index (κ2) is 4.97. The Morgan fingerprint density at radius 1 is 1.21 bits per heavy atom. The van der Waals surface area contributed by atoms with Crippen molar-refractivity contribution in [2.45, 2.75) is 13.5 Å². The molecule has 0 aliphatic heterocycles. The van der Waals surface area contributed by atoms with Gasteiger partial charge < -0.3 is 9.73 Å². The molecule has 0 amide bonds. The van der Waals surface area contributed by atoms with Gasteiger partial charge in [0.2, 0.25) is 0 Å². The third-order valence-electron chi connectivity index (χ3n) is 2.82. The summed E-state index contributed by atoms with van der Waals surface area (Å²) in [6.07, 6.45) is 3.48. The average Bonchev–Trinajstić information content (AvgIpc) is 3.08. The molecule has 0 unspecified atom stereocenters. The maximum absolute atomic E-state index is 5.54. The molecule has 0 saturated heterocycles. The Kier molecular flexibility index (Phi) is 3.02. The van der Waals surface area contributed by atoms with E-state index >= 15 is 0 Å². The molecule has 5 heteroatoms. The van der Waals surface area contributed by atoms with Gasteiger partial charge >= 0.3 is 0 Å². The van der Waals surface area contributed by atoms with Gasteiger partial charge in [-0.05, 0) is 31.2 Å². The molecule has 0 aliphatic carbocycles. The Morgan fingerprint density at radius 3 is 2.84 bits per heavy atom. The van der Waals surface area contributed by atoms with E-state index < -0.39 is 0 Å². The Labute approximate surface area is 110 Å². The molecule has 3 rings (SSSR count). The van der Waals surface area contributed by atoms with Crippen LogP contribution in [-0.2, 0) is 6.54 Å². The molecule has 3 aromatic rings. The van der Waals surface area contributed by atoms with E-state index in [0.717, 1.165) is 22.9 Å². The van der Waals surface area contributed by atoms with Crippen LogP contribution in [0, 0.1) is 6.92 Å². The maximum Gasteiger partial charge on any atom is 0.123 e. The molecule has 0 aliphatic rings. The van der Waals surface area contributed by atoms with Crippen molar-refractivity contribution < 1.29 is 4.42 Å². The largest absolute Gasteiger partial charge is 0.465 e. The Hall–Kier alpha value is -2.56. The zero-order valence-electron chi connectivity index (χ0n) is 10.6. The van der Waals surface area contributed by atoms with Gasteiger partial charge in [-0.3, -0.25) is 0 Å². The SMILES string of the molecule is Cc1ccc(CNc2ccccc2-n2ccnn2)o1. The van der Waals surface area contributed by atoms with Gasteiger partial charge in [-0.15, -0.1) is 5.10 Å². The average molecular weight is 254 g/mol. The molecule has 96 valence electrons. The Morgan fingerprint density at radius 2 is 2.11 bits per heavy atom. The molecule has 0 radical (unpaired) electrons. The highest BCUT2D eigenvalue weighted by Crippen LogP contribution is 2.19. The van der Waals surface area contributed by atoms with Crippen molar-refractivity contribution in [2.75, 3.05) is 5.32 Å². The van der Waals surface area contributed by atoms with Crippen molar-refractivity contribution >= 4 is 5.69 Å². The number of rotatable bonds is 4. The monoisotopic (exact) mass is 254 g/mol. The number of aryl methyl sites for hydroxylation is 1. The standard InChI is InChI=1S/C14H14N4O/c1-11-6-7-12(19-11)10-15-13-4-2-3-5-14(13)18-9-8-16-17-18/h2-9,15H,10H2,1H3. The summed E-state index contributed by atoms with van der Waals surface area (Å²) in [7, 11) is 0. The lowest BCUT2D eigenvalue weighted by Crippen LogP contribution is -2.04. The summed E-state index contributed by atoms with van der Waals surface area (Å²) in [4.78, 5) is 0. The van der Waals surface area contributed by atoms with Crippen LogP contribution in [0.15, 0.2) is 53.2 Å². The van der Waals surface area contributed by atoms with Crippen LogP contribution in [0.2, 0.25) is 0 Å². The fourth-order valence-electron chi connectivity index (χ4n) is 1.92. The summed E-state index contributed by atoms with van der Waals surface area (Å²) in [5.41, 5.74) is 1.95. The number of para-hydroxylation sites is 2. The molecule has 5 nitrogen and oxygen atoms in total. The maximum atomic E-state index is 5.54. The first-order valence-electron chi connectivity index (χ1n) is 6.08. The number of hydrogen-bond acceptors (Lipinski definition) is 4. The topological polar surface area (TPSA) is 55.9 Å². The molecule has 0 bridgehead atoms. The van der Waals surface area contributed by atoms with Gasteiger partial charge in [-0.25, -0.2) is 4.68 Å². The molecule has 0 atom stereocenters. The third kappa shape index (κ3) is 2.49. The lowest BCUT2D eigenvalue weighted by atomic mass is 10.2. The second-order valence-electron chi connectivity index (χ2n) is 4.23.